The summed E-state index contributed by atoms with van der Waals surface area (Å²) in [5, 5.41) is 4.18. The summed E-state index contributed by atoms with van der Waals surface area (Å²) in [5.74, 6) is 0.995. The average Bonchev–Trinajstić information content (AvgIpc) is 2.92. The summed E-state index contributed by atoms with van der Waals surface area (Å²) >= 11 is 10.1. The maximum atomic E-state index is 6.51. The lowest BCUT2D eigenvalue weighted by molar-refractivity contribution is 0.351. The van der Waals surface area contributed by atoms with Gasteiger partial charge in [0, 0.05) is 21.5 Å². The fourth-order valence-electron chi connectivity index (χ4n) is 2.88. The van der Waals surface area contributed by atoms with Gasteiger partial charge in [-0.1, -0.05) is 45.7 Å². The number of hydrogen-bond donors (Lipinski definition) is 1. The number of hydrogen-bond acceptors (Lipinski definition) is 2. The topological polar surface area (TPSA) is 21.3 Å². The second-order valence-electron chi connectivity index (χ2n) is 5.28. The van der Waals surface area contributed by atoms with Crippen LogP contribution in [0.2, 0.25) is 5.02 Å². The number of benzene rings is 2. The van der Waals surface area contributed by atoms with Crippen molar-refractivity contribution in [3.8, 4) is 5.75 Å². The van der Waals surface area contributed by atoms with Crippen molar-refractivity contribution in [2.24, 2.45) is 0 Å². The number of aryl methyl sites for hydroxylation is 1. The first-order chi connectivity index (χ1) is 10.1. The van der Waals surface area contributed by atoms with E-state index >= 15 is 0 Å². The Labute approximate surface area is 138 Å². The Hall–Kier alpha value is -1.03. The van der Waals surface area contributed by atoms with E-state index in [9.17, 15) is 0 Å². The van der Waals surface area contributed by atoms with E-state index in [2.05, 4.69) is 39.4 Å². The van der Waals surface area contributed by atoms with Crippen molar-refractivity contribution in [3.63, 3.8) is 0 Å². The molecule has 1 aliphatic rings. The summed E-state index contributed by atoms with van der Waals surface area (Å²) in [4.78, 5) is 0. The van der Waals surface area contributed by atoms with Crippen molar-refractivity contribution in [2.45, 2.75) is 19.4 Å². The molecule has 3 rings (SSSR count). The van der Waals surface area contributed by atoms with E-state index in [4.69, 9.17) is 16.3 Å². The van der Waals surface area contributed by atoms with Gasteiger partial charge in [-0.25, -0.2) is 0 Å². The molecule has 0 saturated heterocycles. The Bertz CT molecular complexity index is 687. The van der Waals surface area contributed by atoms with Gasteiger partial charge in [-0.15, -0.1) is 0 Å². The molecule has 0 bridgehead atoms. The molecule has 0 spiro atoms. The lowest BCUT2D eigenvalue weighted by atomic mass is 9.95. The van der Waals surface area contributed by atoms with Crippen molar-refractivity contribution in [2.75, 3.05) is 13.7 Å². The molecule has 1 heterocycles. The minimum Gasteiger partial charge on any atom is -0.493 e. The first kappa shape index (κ1) is 14.9. The summed E-state index contributed by atoms with van der Waals surface area (Å²) in [6.07, 6.45) is 0.958. The Morgan fingerprint density at radius 1 is 1.29 bits per heavy atom. The maximum absolute atomic E-state index is 6.51. The van der Waals surface area contributed by atoms with Gasteiger partial charge in [-0.3, -0.25) is 0 Å². The molecule has 2 nitrogen and oxygen atoms in total. The van der Waals surface area contributed by atoms with Crippen LogP contribution in [0.4, 0.5) is 0 Å². The van der Waals surface area contributed by atoms with E-state index < -0.39 is 0 Å². The molecule has 1 unspecified atom stereocenters. The van der Waals surface area contributed by atoms with Crippen LogP contribution in [0.5, 0.6) is 5.75 Å². The van der Waals surface area contributed by atoms with Crippen molar-refractivity contribution in [3.05, 3.63) is 62.1 Å². The van der Waals surface area contributed by atoms with Crippen LogP contribution >= 0.6 is 27.5 Å². The van der Waals surface area contributed by atoms with Crippen LogP contribution in [0.1, 0.15) is 28.3 Å². The molecule has 0 saturated carbocycles. The van der Waals surface area contributed by atoms with E-state index in [0.29, 0.717) is 0 Å². The molecule has 0 radical (unpaired) electrons. The molecule has 4 heteroatoms. The average molecular weight is 367 g/mol. The zero-order valence-corrected chi connectivity index (χ0v) is 14.4. The minimum atomic E-state index is 0.0155. The highest BCUT2D eigenvalue weighted by Gasteiger charge is 2.25. The maximum Gasteiger partial charge on any atom is 0.127 e. The van der Waals surface area contributed by atoms with Gasteiger partial charge in [0.15, 0.2) is 0 Å². The number of nitrogens with one attached hydrogen (secondary N) is 1. The van der Waals surface area contributed by atoms with Crippen LogP contribution < -0.4 is 10.1 Å². The second-order valence-corrected chi connectivity index (χ2v) is 6.58. The van der Waals surface area contributed by atoms with Gasteiger partial charge in [0.1, 0.15) is 5.75 Å². The second kappa shape index (κ2) is 5.99. The fraction of sp³-hybridized carbons (Fsp3) is 0.294. The van der Waals surface area contributed by atoms with Crippen molar-refractivity contribution in [1.82, 2.24) is 5.32 Å². The number of ether oxygens (including phenoxy) is 1. The van der Waals surface area contributed by atoms with E-state index in [0.717, 1.165) is 45.0 Å². The molecule has 2 aromatic rings. The largest absolute Gasteiger partial charge is 0.493 e. The molecular weight excluding hydrogens is 350 g/mol. The molecule has 21 heavy (non-hydrogen) atoms. The first-order valence-corrected chi connectivity index (χ1v) is 8.16. The van der Waals surface area contributed by atoms with Gasteiger partial charge in [-0.05, 0) is 42.8 Å². The summed E-state index contributed by atoms with van der Waals surface area (Å²) in [7, 11) is 1.95. The van der Waals surface area contributed by atoms with Crippen molar-refractivity contribution in [1.29, 1.82) is 0 Å². The SMILES string of the molecule is CNC(c1cccc(C)c1Cl)c1cc(Br)cc2c1OCC2. The van der Waals surface area contributed by atoms with E-state index in [-0.39, 0.29) is 6.04 Å². The van der Waals surface area contributed by atoms with Crippen LogP contribution in [-0.2, 0) is 6.42 Å². The number of halogens is 2. The van der Waals surface area contributed by atoms with E-state index in [1.807, 2.05) is 26.1 Å². The van der Waals surface area contributed by atoms with Crippen molar-refractivity contribution >= 4 is 27.5 Å². The van der Waals surface area contributed by atoms with Crippen LogP contribution in [0.15, 0.2) is 34.8 Å². The molecule has 1 atom stereocenters. The molecule has 0 aliphatic carbocycles. The molecule has 0 fully saturated rings. The molecule has 1 N–H and O–H groups in total. The zero-order chi connectivity index (χ0) is 15.0. The lowest BCUT2D eigenvalue weighted by Gasteiger charge is -2.22. The minimum absolute atomic E-state index is 0.0155. The summed E-state index contributed by atoms with van der Waals surface area (Å²) in [6, 6.07) is 10.4. The Kier molecular flexibility index (Phi) is 4.25. The van der Waals surface area contributed by atoms with Crippen LogP contribution in [0.25, 0.3) is 0 Å². The summed E-state index contributed by atoms with van der Waals surface area (Å²) < 4.78 is 6.93. The Balaban J connectivity index is 2.15. The Morgan fingerprint density at radius 2 is 2.10 bits per heavy atom. The third-order valence-corrected chi connectivity index (χ3v) is 4.88. The van der Waals surface area contributed by atoms with E-state index in [1.54, 1.807) is 0 Å². The first-order valence-electron chi connectivity index (χ1n) is 6.99. The third-order valence-electron chi connectivity index (χ3n) is 3.91. The third kappa shape index (κ3) is 2.70. The zero-order valence-electron chi connectivity index (χ0n) is 12.0. The van der Waals surface area contributed by atoms with Gasteiger partial charge < -0.3 is 10.1 Å². The highest BCUT2D eigenvalue weighted by molar-refractivity contribution is 9.10. The number of rotatable bonds is 3. The van der Waals surface area contributed by atoms with Crippen LogP contribution in [0, 0.1) is 6.92 Å². The Morgan fingerprint density at radius 3 is 2.86 bits per heavy atom. The monoisotopic (exact) mass is 365 g/mol. The molecule has 0 aromatic heterocycles. The summed E-state index contributed by atoms with van der Waals surface area (Å²) in [5.41, 5.74) is 4.55. The highest BCUT2D eigenvalue weighted by Crippen LogP contribution is 2.40. The van der Waals surface area contributed by atoms with Gasteiger partial charge in [0.2, 0.25) is 0 Å². The smallest absolute Gasteiger partial charge is 0.127 e. The van der Waals surface area contributed by atoms with Gasteiger partial charge in [0.05, 0.1) is 12.6 Å². The molecule has 110 valence electrons. The van der Waals surface area contributed by atoms with Gasteiger partial charge in [0.25, 0.3) is 0 Å². The number of fused-ring (bicyclic) bond motifs is 1. The standard InChI is InChI=1S/C17H17BrClNO/c1-10-4-3-5-13(15(10)19)16(20-2)14-9-12(18)8-11-6-7-21-17(11)14/h3-5,8-9,16,20H,6-7H2,1-2H3. The quantitative estimate of drug-likeness (QED) is 0.853. The molecule has 2 aromatic carbocycles. The highest BCUT2D eigenvalue weighted by atomic mass is 79.9. The fourth-order valence-corrected chi connectivity index (χ4v) is 3.64. The normalized spacial score (nSPS) is 14.7. The van der Waals surface area contributed by atoms with Crippen molar-refractivity contribution < 1.29 is 4.74 Å². The predicted molar refractivity (Wildman–Crippen MR) is 90.4 cm³/mol. The predicted octanol–water partition coefficient (Wildman–Crippen LogP) is 4.65. The summed E-state index contributed by atoms with van der Waals surface area (Å²) in [6.45, 7) is 2.77. The van der Waals surface area contributed by atoms with Gasteiger partial charge >= 0.3 is 0 Å². The van der Waals surface area contributed by atoms with Gasteiger partial charge in [-0.2, -0.15) is 0 Å². The van der Waals surface area contributed by atoms with E-state index in [1.165, 1.54) is 5.56 Å². The lowest BCUT2D eigenvalue weighted by Crippen LogP contribution is -2.19. The molecular formula is C17H17BrClNO. The molecule has 1 aliphatic heterocycles. The van der Waals surface area contributed by atoms with Crippen LogP contribution in [-0.4, -0.2) is 13.7 Å². The van der Waals surface area contributed by atoms with Crippen LogP contribution in [0.3, 0.4) is 0 Å². The molecule has 0 amide bonds.